The lowest BCUT2D eigenvalue weighted by Gasteiger charge is -2.06. The van der Waals surface area contributed by atoms with E-state index in [0.717, 1.165) is 38.3 Å². The molecule has 0 bridgehead atoms. The highest BCUT2D eigenvalue weighted by molar-refractivity contribution is 7.90. The third kappa shape index (κ3) is 5.27. The van der Waals surface area contributed by atoms with E-state index in [1.807, 2.05) is 37.3 Å². The van der Waals surface area contributed by atoms with Crippen molar-refractivity contribution in [3.8, 4) is 5.75 Å². The monoisotopic (exact) mass is 474 g/mol. The quantitative estimate of drug-likeness (QED) is 0.295. The van der Waals surface area contributed by atoms with E-state index in [4.69, 9.17) is 0 Å². The molecule has 0 spiro atoms. The van der Waals surface area contributed by atoms with E-state index in [-0.39, 0.29) is 23.9 Å². The van der Waals surface area contributed by atoms with Crippen molar-refractivity contribution in [3.63, 3.8) is 0 Å². The first-order valence-electron chi connectivity index (χ1n) is 10.6. The molecule has 0 radical (unpaired) electrons. The molecule has 1 aliphatic carbocycles. The molecule has 0 saturated heterocycles. The van der Waals surface area contributed by atoms with Crippen LogP contribution in [0.1, 0.15) is 35.6 Å². The number of amides is 1. The highest BCUT2D eigenvalue weighted by atomic mass is 32.2. The molecule has 1 aliphatic rings. The summed E-state index contributed by atoms with van der Waals surface area (Å²) in [4.78, 5) is 13.4. The second kappa shape index (κ2) is 10.1. The lowest BCUT2D eigenvalue weighted by Crippen LogP contribution is -2.17. The Hall–Kier alpha value is -3.68. The number of phenolic OH excluding ortho intramolecular Hbond substituents is 1. The molecule has 0 saturated carbocycles. The van der Waals surface area contributed by atoms with E-state index in [9.17, 15) is 18.8 Å². The number of hydrogen-bond donors (Lipinski definition) is 2. The van der Waals surface area contributed by atoms with Gasteiger partial charge in [0.25, 0.3) is 0 Å². The van der Waals surface area contributed by atoms with Crippen LogP contribution in [0.15, 0.2) is 82.3 Å². The summed E-state index contributed by atoms with van der Waals surface area (Å²) in [5.41, 5.74) is 8.25. The van der Waals surface area contributed by atoms with Gasteiger partial charge in [0.05, 0.1) is 12.6 Å². The number of phenols is 1. The van der Waals surface area contributed by atoms with Gasteiger partial charge < -0.3 is 9.66 Å². The van der Waals surface area contributed by atoms with Crippen LogP contribution in [0.5, 0.6) is 5.75 Å². The van der Waals surface area contributed by atoms with Gasteiger partial charge in [0.2, 0.25) is 5.91 Å². The van der Waals surface area contributed by atoms with Crippen LogP contribution in [-0.2, 0) is 16.0 Å². The normalized spacial score (nSPS) is 15.1. The van der Waals surface area contributed by atoms with Crippen molar-refractivity contribution in [3.05, 3.63) is 100 Å². The van der Waals surface area contributed by atoms with Gasteiger partial charge in [0.15, 0.2) is 4.90 Å². The van der Waals surface area contributed by atoms with Gasteiger partial charge in [0, 0.05) is 0 Å². The number of hydrogen-bond acceptors (Lipinski definition) is 4. The number of nitrogens with one attached hydrogen (secondary N) is 1. The maximum atomic E-state index is 14.1. The zero-order valence-electron chi connectivity index (χ0n) is 18.7. The van der Waals surface area contributed by atoms with Crippen LogP contribution in [0, 0.1) is 5.82 Å². The summed E-state index contributed by atoms with van der Waals surface area (Å²) in [6.45, 7) is 1.92. The Morgan fingerprint density at radius 1 is 1.06 bits per heavy atom. The fourth-order valence-corrected chi connectivity index (χ4v) is 4.36. The number of benzene rings is 3. The SMILES string of the molecule is CC1=C(CC(=O)N/N=C\c2ccc(O)cc2)c2cc(F)ccc2/C1=C\c1ccc([S+](C)[O-])cc1. The van der Waals surface area contributed by atoms with E-state index in [2.05, 4.69) is 10.5 Å². The molecule has 0 aromatic heterocycles. The summed E-state index contributed by atoms with van der Waals surface area (Å²) < 4.78 is 25.7. The molecule has 0 aliphatic heterocycles. The Balaban J connectivity index is 1.58. The molecule has 3 aromatic carbocycles. The van der Waals surface area contributed by atoms with E-state index in [0.29, 0.717) is 5.56 Å². The van der Waals surface area contributed by atoms with Crippen molar-refractivity contribution in [2.45, 2.75) is 18.2 Å². The van der Waals surface area contributed by atoms with Crippen LogP contribution in [0.3, 0.4) is 0 Å². The van der Waals surface area contributed by atoms with Crippen molar-refractivity contribution in [2.24, 2.45) is 5.10 Å². The Kier molecular flexibility index (Phi) is 6.95. The minimum absolute atomic E-state index is 0.0420. The Morgan fingerprint density at radius 3 is 2.41 bits per heavy atom. The minimum Gasteiger partial charge on any atom is -0.612 e. The van der Waals surface area contributed by atoms with Gasteiger partial charge in [-0.1, -0.05) is 6.07 Å². The maximum absolute atomic E-state index is 14.1. The molecule has 1 amide bonds. The molecule has 7 heteroatoms. The molecule has 34 heavy (non-hydrogen) atoms. The second-order valence-corrected chi connectivity index (χ2v) is 9.32. The number of allylic oxidation sites excluding steroid dienone is 2. The van der Waals surface area contributed by atoms with Crippen LogP contribution < -0.4 is 5.43 Å². The largest absolute Gasteiger partial charge is 0.612 e. The van der Waals surface area contributed by atoms with Gasteiger partial charge in [0.1, 0.15) is 17.8 Å². The van der Waals surface area contributed by atoms with Crippen LogP contribution in [-0.4, -0.2) is 28.0 Å². The van der Waals surface area contributed by atoms with Crippen LogP contribution >= 0.6 is 0 Å². The molecular weight excluding hydrogens is 451 g/mol. The first-order valence-corrected chi connectivity index (χ1v) is 12.1. The Labute approximate surface area is 200 Å². The van der Waals surface area contributed by atoms with Crippen LogP contribution in [0.25, 0.3) is 17.2 Å². The summed E-state index contributed by atoms with van der Waals surface area (Å²) in [6.07, 6.45) is 5.15. The highest BCUT2D eigenvalue weighted by Gasteiger charge is 2.25. The zero-order chi connectivity index (χ0) is 24.2. The fourth-order valence-electron chi connectivity index (χ4n) is 3.84. The molecule has 1 unspecified atom stereocenters. The van der Waals surface area contributed by atoms with E-state index < -0.39 is 11.2 Å². The average Bonchev–Trinajstić information content (AvgIpc) is 3.06. The third-order valence-electron chi connectivity index (χ3n) is 5.61. The summed E-state index contributed by atoms with van der Waals surface area (Å²) in [5.74, 6) is -0.544. The average molecular weight is 475 g/mol. The lowest BCUT2D eigenvalue weighted by atomic mass is 10.0. The highest BCUT2D eigenvalue weighted by Crippen LogP contribution is 2.43. The Morgan fingerprint density at radius 2 is 1.74 bits per heavy atom. The molecule has 2 N–H and O–H groups in total. The molecule has 4 rings (SSSR count). The van der Waals surface area contributed by atoms with Crippen LogP contribution in [0.4, 0.5) is 4.39 Å². The van der Waals surface area contributed by atoms with E-state index in [1.165, 1.54) is 30.5 Å². The summed E-state index contributed by atoms with van der Waals surface area (Å²) in [5, 5.41) is 13.3. The van der Waals surface area contributed by atoms with Gasteiger partial charge in [-0.05, 0) is 124 Å². The van der Waals surface area contributed by atoms with Crippen molar-refractivity contribution < 1.29 is 18.8 Å². The molecule has 0 fully saturated rings. The topological polar surface area (TPSA) is 84.8 Å². The standard InChI is InChI=1S/C27H23FN2O3S/c1-17-24(13-18-5-10-22(11-6-18)34(2)33)23-12-7-20(28)14-26(23)25(17)15-27(32)30-29-16-19-3-8-21(31)9-4-19/h3-14,16,31H,15H2,1-2H3,(H,30,32)/b24-13-,29-16-. The fraction of sp³-hybridized carbons (Fsp3) is 0.111. The predicted molar refractivity (Wildman–Crippen MR) is 134 cm³/mol. The van der Waals surface area contributed by atoms with Crippen molar-refractivity contribution in [1.82, 2.24) is 5.43 Å². The third-order valence-corrected chi connectivity index (χ3v) is 6.55. The number of fused-ring (bicyclic) bond motifs is 1. The summed E-state index contributed by atoms with van der Waals surface area (Å²) in [7, 11) is 0. The zero-order valence-corrected chi connectivity index (χ0v) is 19.5. The van der Waals surface area contributed by atoms with Gasteiger partial charge in [-0.2, -0.15) is 5.10 Å². The first-order chi connectivity index (χ1) is 16.3. The number of carbonyl (C=O) groups is 1. The molecule has 172 valence electrons. The second-order valence-electron chi connectivity index (χ2n) is 7.94. The molecule has 3 aromatic rings. The number of hydrazone groups is 1. The van der Waals surface area contributed by atoms with Crippen molar-refractivity contribution >= 4 is 40.5 Å². The number of halogens is 1. The van der Waals surface area contributed by atoms with Gasteiger partial charge in [-0.3, -0.25) is 4.79 Å². The molecular formula is C27H23FN2O3S. The number of rotatable bonds is 6. The Bertz CT molecular complexity index is 1310. The first kappa shape index (κ1) is 23.5. The molecule has 5 nitrogen and oxygen atoms in total. The molecule has 0 heterocycles. The number of aromatic hydroxyl groups is 1. The van der Waals surface area contributed by atoms with Gasteiger partial charge in [-0.15, -0.1) is 0 Å². The lowest BCUT2D eigenvalue weighted by molar-refractivity contribution is -0.120. The van der Waals surface area contributed by atoms with Crippen molar-refractivity contribution in [2.75, 3.05) is 6.26 Å². The summed E-state index contributed by atoms with van der Waals surface area (Å²) in [6, 6.07) is 18.4. The number of carbonyl (C=O) groups excluding carboxylic acids is 1. The van der Waals surface area contributed by atoms with Gasteiger partial charge >= 0.3 is 0 Å². The van der Waals surface area contributed by atoms with Crippen molar-refractivity contribution in [1.29, 1.82) is 0 Å². The summed E-state index contributed by atoms with van der Waals surface area (Å²) >= 11 is -1.05. The molecule has 1 atom stereocenters. The van der Waals surface area contributed by atoms with Crippen LogP contribution in [0.2, 0.25) is 0 Å². The van der Waals surface area contributed by atoms with E-state index in [1.54, 1.807) is 24.5 Å². The van der Waals surface area contributed by atoms with Gasteiger partial charge in [-0.25, -0.2) is 9.82 Å². The smallest absolute Gasteiger partial charge is 0.244 e. The van der Waals surface area contributed by atoms with E-state index >= 15 is 0 Å². The minimum atomic E-state index is -1.05. The predicted octanol–water partition coefficient (Wildman–Crippen LogP) is 5.14. The number of nitrogens with zero attached hydrogens (tertiary/aromatic N) is 1. The maximum Gasteiger partial charge on any atom is 0.244 e.